The van der Waals surface area contributed by atoms with Gasteiger partial charge in [0.25, 0.3) is 0 Å². The zero-order valence-corrected chi connectivity index (χ0v) is 13.5. The van der Waals surface area contributed by atoms with Crippen molar-refractivity contribution in [3.05, 3.63) is 34.3 Å². The predicted molar refractivity (Wildman–Crippen MR) is 89.1 cm³/mol. The number of hydrogen-bond donors (Lipinski definition) is 1. The summed E-state index contributed by atoms with van der Waals surface area (Å²) in [7, 11) is 0. The molecule has 112 valence electrons. The molecule has 0 aliphatic heterocycles. The lowest BCUT2D eigenvalue weighted by Gasteiger charge is -2.24. The monoisotopic (exact) mass is 302 g/mol. The highest BCUT2D eigenvalue weighted by atomic mass is 32.1. The number of thiophene rings is 1. The van der Waals surface area contributed by atoms with Gasteiger partial charge in [0.15, 0.2) is 0 Å². The normalized spacial score (nSPS) is 14.2. The fourth-order valence-electron chi connectivity index (χ4n) is 2.41. The molecule has 0 atom stereocenters. The van der Waals surface area contributed by atoms with Gasteiger partial charge < -0.3 is 10.2 Å². The molecule has 1 saturated carbocycles. The zero-order chi connectivity index (χ0) is 14.7. The van der Waals surface area contributed by atoms with Gasteiger partial charge in [-0.05, 0) is 31.2 Å². The van der Waals surface area contributed by atoms with Gasteiger partial charge in [-0.3, -0.25) is 0 Å². The quantitative estimate of drug-likeness (QED) is 0.846. The molecule has 0 aromatic carbocycles. The van der Waals surface area contributed by atoms with Crippen LogP contribution in [0, 0.1) is 0 Å². The molecule has 2 heterocycles. The Balaban J connectivity index is 1.88. The number of nitrogens with one attached hydrogen (secondary N) is 1. The van der Waals surface area contributed by atoms with E-state index >= 15 is 0 Å². The third-order valence-corrected chi connectivity index (χ3v) is 4.48. The van der Waals surface area contributed by atoms with Crippen molar-refractivity contribution in [3.63, 3.8) is 0 Å². The Labute approximate surface area is 130 Å². The van der Waals surface area contributed by atoms with Crippen LogP contribution in [0.25, 0.3) is 0 Å². The molecule has 3 rings (SSSR count). The molecule has 0 amide bonds. The number of anilines is 2. The van der Waals surface area contributed by atoms with Crippen LogP contribution in [0.15, 0.2) is 23.6 Å². The Bertz CT molecular complexity index is 578. The van der Waals surface area contributed by atoms with E-state index in [1.165, 1.54) is 17.7 Å². The van der Waals surface area contributed by atoms with E-state index in [0.29, 0.717) is 6.04 Å². The van der Waals surface area contributed by atoms with Crippen LogP contribution in [0.3, 0.4) is 0 Å². The minimum Gasteiger partial charge on any atom is -0.370 e. The van der Waals surface area contributed by atoms with Gasteiger partial charge in [0.05, 0.1) is 6.54 Å². The van der Waals surface area contributed by atoms with Gasteiger partial charge in [-0.15, -0.1) is 11.3 Å². The molecule has 1 aliphatic carbocycles. The number of rotatable bonds is 7. The molecular formula is C16H22N4S. The Morgan fingerprint density at radius 3 is 2.81 bits per heavy atom. The minimum atomic E-state index is 0.640. The van der Waals surface area contributed by atoms with Gasteiger partial charge in [0, 0.05) is 30.0 Å². The van der Waals surface area contributed by atoms with E-state index in [4.69, 9.17) is 4.98 Å². The van der Waals surface area contributed by atoms with E-state index in [0.717, 1.165) is 37.0 Å². The van der Waals surface area contributed by atoms with Crippen molar-refractivity contribution >= 4 is 23.0 Å². The second-order valence-electron chi connectivity index (χ2n) is 5.35. The first-order valence-corrected chi connectivity index (χ1v) is 8.59. The first kappa shape index (κ1) is 14.3. The third kappa shape index (κ3) is 3.53. The van der Waals surface area contributed by atoms with Crippen LogP contribution in [-0.2, 0) is 13.0 Å². The average molecular weight is 302 g/mol. The summed E-state index contributed by atoms with van der Waals surface area (Å²) in [5, 5.41) is 5.46. The van der Waals surface area contributed by atoms with Gasteiger partial charge >= 0.3 is 0 Å². The maximum atomic E-state index is 4.76. The standard InChI is InChI=1S/C16H22N4S/c1-3-14-18-15(17-4-2)10-16(19-14)20(12-7-8-12)11-13-6-5-9-21-13/h5-6,9-10,12H,3-4,7-8,11H2,1-2H3,(H,17,18,19). The molecule has 0 spiro atoms. The number of aryl methyl sites for hydroxylation is 1. The van der Waals surface area contributed by atoms with Crippen LogP contribution in [0.2, 0.25) is 0 Å². The van der Waals surface area contributed by atoms with Crippen LogP contribution in [-0.4, -0.2) is 22.6 Å². The highest BCUT2D eigenvalue weighted by molar-refractivity contribution is 7.09. The predicted octanol–water partition coefficient (Wildman–Crippen LogP) is 3.70. The summed E-state index contributed by atoms with van der Waals surface area (Å²) in [4.78, 5) is 13.1. The van der Waals surface area contributed by atoms with Crippen molar-refractivity contribution in [1.29, 1.82) is 0 Å². The van der Waals surface area contributed by atoms with Gasteiger partial charge in [0.2, 0.25) is 0 Å². The highest BCUT2D eigenvalue weighted by Gasteiger charge is 2.30. The lowest BCUT2D eigenvalue weighted by molar-refractivity contribution is 0.773. The molecule has 1 aliphatic rings. The molecule has 1 fully saturated rings. The summed E-state index contributed by atoms with van der Waals surface area (Å²) >= 11 is 1.81. The molecular weight excluding hydrogens is 280 g/mol. The molecule has 0 bridgehead atoms. The summed E-state index contributed by atoms with van der Waals surface area (Å²) in [6.45, 7) is 6.04. The Kier molecular flexibility index (Phi) is 4.39. The summed E-state index contributed by atoms with van der Waals surface area (Å²) in [6, 6.07) is 7.05. The lowest BCUT2D eigenvalue weighted by Crippen LogP contribution is -2.26. The smallest absolute Gasteiger partial charge is 0.134 e. The molecule has 0 unspecified atom stereocenters. The van der Waals surface area contributed by atoms with Crippen molar-refractivity contribution in [2.75, 3.05) is 16.8 Å². The maximum Gasteiger partial charge on any atom is 0.134 e. The first-order valence-electron chi connectivity index (χ1n) is 7.71. The summed E-state index contributed by atoms with van der Waals surface area (Å²) < 4.78 is 0. The van der Waals surface area contributed by atoms with Crippen LogP contribution >= 0.6 is 11.3 Å². The lowest BCUT2D eigenvalue weighted by atomic mass is 10.3. The van der Waals surface area contributed by atoms with Crippen LogP contribution in [0.5, 0.6) is 0 Å². The van der Waals surface area contributed by atoms with E-state index in [9.17, 15) is 0 Å². The Morgan fingerprint density at radius 1 is 1.33 bits per heavy atom. The summed E-state index contributed by atoms with van der Waals surface area (Å²) in [5.41, 5.74) is 0. The molecule has 0 radical (unpaired) electrons. The topological polar surface area (TPSA) is 41.0 Å². The first-order chi connectivity index (χ1) is 10.3. The molecule has 0 saturated heterocycles. The van der Waals surface area contributed by atoms with Crippen molar-refractivity contribution < 1.29 is 0 Å². The average Bonchev–Trinajstić information content (AvgIpc) is 3.21. The maximum absolute atomic E-state index is 4.76. The van der Waals surface area contributed by atoms with Crippen molar-refractivity contribution in [3.8, 4) is 0 Å². The fraction of sp³-hybridized carbons (Fsp3) is 0.500. The number of hydrogen-bond acceptors (Lipinski definition) is 5. The highest BCUT2D eigenvalue weighted by Crippen LogP contribution is 2.33. The number of nitrogens with zero attached hydrogens (tertiary/aromatic N) is 3. The van der Waals surface area contributed by atoms with Crippen LogP contribution in [0.4, 0.5) is 11.6 Å². The van der Waals surface area contributed by atoms with E-state index in [1.54, 1.807) is 0 Å². The van der Waals surface area contributed by atoms with Crippen LogP contribution < -0.4 is 10.2 Å². The van der Waals surface area contributed by atoms with Gasteiger partial charge in [-0.25, -0.2) is 9.97 Å². The van der Waals surface area contributed by atoms with Gasteiger partial charge in [-0.1, -0.05) is 13.0 Å². The second-order valence-corrected chi connectivity index (χ2v) is 6.38. The second kappa shape index (κ2) is 6.43. The van der Waals surface area contributed by atoms with Crippen LogP contribution in [0.1, 0.15) is 37.4 Å². The molecule has 2 aromatic heterocycles. The summed E-state index contributed by atoms with van der Waals surface area (Å²) in [6.07, 6.45) is 3.41. The van der Waals surface area contributed by atoms with Crippen molar-refractivity contribution in [1.82, 2.24) is 9.97 Å². The Morgan fingerprint density at radius 2 is 2.19 bits per heavy atom. The van der Waals surface area contributed by atoms with E-state index in [-0.39, 0.29) is 0 Å². The third-order valence-electron chi connectivity index (χ3n) is 3.62. The molecule has 5 heteroatoms. The van der Waals surface area contributed by atoms with E-state index < -0.39 is 0 Å². The minimum absolute atomic E-state index is 0.640. The SMILES string of the molecule is CCNc1cc(N(Cc2cccs2)C2CC2)nc(CC)n1. The molecule has 21 heavy (non-hydrogen) atoms. The number of aromatic nitrogens is 2. The molecule has 4 nitrogen and oxygen atoms in total. The summed E-state index contributed by atoms with van der Waals surface area (Å²) in [5.74, 6) is 2.92. The van der Waals surface area contributed by atoms with E-state index in [1.807, 2.05) is 11.3 Å². The molecule has 1 N–H and O–H groups in total. The van der Waals surface area contributed by atoms with E-state index in [2.05, 4.69) is 52.6 Å². The van der Waals surface area contributed by atoms with Crippen molar-refractivity contribution in [2.45, 2.75) is 45.7 Å². The Hall–Kier alpha value is -1.62. The molecule has 2 aromatic rings. The fourth-order valence-corrected chi connectivity index (χ4v) is 3.12. The van der Waals surface area contributed by atoms with Gasteiger partial charge in [0.1, 0.15) is 17.5 Å². The van der Waals surface area contributed by atoms with Crippen molar-refractivity contribution in [2.24, 2.45) is 0 Å². The van der Waals surface area contributed by atoms with Gasteiger partial charge in [-0.2, -0.15) is 0 Å². The largest absolute Gasteiger partial charge is 0.370 e. The zero-order valence-electron chi connectivity index (χ0n) is 12.7.